The van der Waals surface area contributed by atoms with Gasteiger partial charge in [0, 0.05) is 5.69 Å². The summed E-state index contributed by atoms with van der Waals surface area (Å²) in [4.78, 5) is 10.9. The Morgan fingerprint density at radius 3 is 2.29 bits per heavy atom. The summed E-state index contributed by atoms with van der Waals surface area (Å²) in [5, 5.41) is 2.92. The van der Waals surface area contributed by atoms with E-state index in [4.69, 9.17) is 0 Å². The molecule has 21 heavy (non-hydrogen) atoms. The second-order valence-electron chi connectivity index (χ2n) is 7.69. The van der Waals surface area contributed by atoms with Crippen molar-refractivity contribution < 1.29 is 4.79 Å². The van der Waals surface area contributed by atoms with Gasteiger partial charge in [0.25, 0.3) is 0 Å². The van der Waals surface area contributed by atoms with Gasteiger partial charge < -0.3 is 5.32 Å². The van der Waals surface area contributed by atoms with Crippen LogP contribution in [0.2, 0.25) is 0 Å². The Balaban J connectivity index is 1.72. The van der Waals surface area contributed by atoms with Crippen molar-refractivity contribution in [1.82, 2.24) is 0 Å². The zero-order valence-corrected chi connectivity index (χ0v) is 12.9. The van der Waals surface area contributed by atoms with E-state index in [1.54, 1.807) is 0 Å². The monoisotopic (exact) mass is 283 g/mol. The van der Waals surface area contributed by atoms with Gasteiger partial charge in [0.2, 0.25) is 6.41 Å². The van der Waals surface area contributed by atoms with Crippen LogP contribution in [-0.4, -0.2) is 6.41 Å². The van der Waals surface area contributed by atoms with E-state index < -0.39 is 0 Å². The normalized spacial score (nSPS) is 36.7. The molecule has 112 valence electrons. The minimum absolute atomic E-state index is 0.417. The molecule has 5 rings (SSSR count). The Labute approximate surface area is 127 Å². The number of hydrogen-bond acceptors (Lipinski definition) is 1. The molecule has 0 unspecified atom stereocenters. The predicted molar refractivity (Wildman–Crippen MR) is 85.4 cm³/mol. The van der Waals surface area contributed by atoms with E-state index in [0.29, 0.717) is 5.41 Å². The molecule has 0 radical (unpaired) electrons. The molecule has 2 heteroatoms. The maximum Gasteiger partial charge on any atom is 0.211 e. The van der Waals surface area contributed by atoms with E-state index >= 15 is 0 Å². The molecule has 1 aromatic rings. The van der Waals surface area contributed by atoms with Crippen molar-refractivity contribution in [3.63, 3.8) is 0 Å². The quantitative estimate of drug-likeness (QED) is 0.821. The van der Waals surface area contributed by atoms with Gasteiger partial charge in [0.15, 0.2) is 0 Å². The number of hydrogen-bond donors (Lipinski definition) is 1. The van der Waals surface area contributed by atoms with Gasteiger partial charge in [-0.3, -0.25) is 4.79 Å². The summed E-state index contributed by atoms with van der Waals surface area (Å²) in [6.45, 7) is 2.15. The molecule has 1 aromatic carbocycles. The van der Waals surface area contributed by atoms with Gasteiger partial charge in [-0.05, 0) is 85.3 Å². The van der Waals surface area contributed by atoms with E-state index in [1.165, 1.54) is 49.7 Å². The zero-order valence-electron chi connectivity index (χ0n) is 12.9. The third kappa shape index (κ3) is 2.11. The first-order valence-electron chi connectivity index (χ1n) is 8.56. The van der Waals surface area contributed by atoms with Gasteiger partial charge >= 0.3 is 0 Å². The molecule has 4 fully saturated rings. The van der Waals surface area contributed by atoms with Gasteiger partial charge in [-0.2, -0.15) is 0 Å². The third-order valence-corrected chi connectivity index (χ3v) is 6.36. The average molecular weight is 283 g/mol. The standard InChI is InChI=1S/C19H25NO/c1-2-16-3-4-17(8-18(16)20-12-21)19-9-13-5-14(10-19)7-15(6-13)11-19/h3-4,8,12-15H,2,5-7,9-11H2,1H3,(H,20,21). The van der Waals surface area contributed by atoms with Crippen LogP contribution in [0.15, 0.2) is 18.2 Å². The first kappa shape index (κ1) is 13.4. The summed E-state index contributed by atoms with van der Waals surface area (Å²) >= 11 is 0. The van der Waals surface area contributed by atoms with Gasteiger partial charge in [0.05, 0.1) is 0 Å². The summed E-state index contributed by atoms with van der Waals surface area (Å²) in [5.74, 6) is 2.89. The molecule has 0 aliphatic heterocycles. The lowest BCUT2D eigenvalue weighted by atomic mass is 9.48. The fourth-order valence-corrected chi connectivity index (χ4v) is 5.88. The average Bonchev–Trinajstić information content (AvgIpc) is 2.46. The van der Waals surface area contributed by atoms with Crippen LogP contribution in [0.3, 0.4) is 0 Å². The summed E-state index contributed by atoms with van der Waals surface area (Å²) < 4.78 is 0. The van der Waals surface area contributed by atoms with E-state index in [2.05, 4.69) is 30.4 Å². The molecule has 0 saturated heterocycles. The van der Waals surface area contributed by atoms with Gasteiger partial charge in [-0.25, -0.2) is 0 Å². The van der Waals surface area contributed by atoms with Crippen LogP contribution >= 0.6 is 0 Å². The van der Waals surface area contributed by atoms with Crippen LogP contribution in [0.5, 0.6) is 0 Å². The molecule has 4 saturated carbocycles. The van der Waals surface area contributed by atoms with Crippen molar-refractivity contribution >= 4 is 12.1 Å². The van der Waals surface area contributed by atoms with Crippen molar-refractivity contribution in [2.75, 3.05) is 5.32 Å². The van der Waals surface area contributed by atoms with Crippen LogP contribution in [-0.2, 0) is 16.6 Å². The molecule has 4 aliphatic rings. The fourth-order valence-electron chi connectivity index (χ4n) is 5.88. The Hall–Kier alpha value is -1.31. The lowest BCUT2D eigenvalue weighted by molar-refractivity contribution is -0.105. The summed E-state index contributed by atoms with van der Waals surface area (Å²) in [5.41, 5.74) is 4.18. The van der Waals surface area contributed by atoms with Gasteiger partial charge in [0.1, 0.15) is 0 Å². The van der Waals surface area contributed by atoms with Crippen LogP contribution in [0.4, 0.5) is 5.69 Å². The SMILES string of the molecule is CCc1ccc(C23CC4CC(CC(C4)C2)C3)cc1NC=O. The van der Waals surface area contributed by atoms with E-state index in [1.807, 2.05) is 0 Å². The van der Waals surface area contributed by atoms with Gasteiger partial charge in [-0.1, -0.05) is 19.1 Å². The highest BCUT2D eigenvalue weighted by Gasteiger charge is 2.51. The van der Waals surface area contributed by atoms with Crippen molar-refractivity contribution in [1.29, 1.82) is 0 Å². The Morgan fingerprint density at radius 1 is 1.14 bits per heavy atom. The number of aryl methyl sites for hydroxylation is 1. The number of carbonyl (C=O) groups excluding carboxylic acids is 1. The molecule has 4 aliphatic carbocycles. The molecule has 0 atom stereocenters. The van der Waals surface area contributed by atoms with Crippen molar-refractivity contribution in [2.45, 2.75) is 57.3 Å². The minimum Gasteiger partial charge on any atom is -0.328 e. The molecular weight excluding hydrogens is 258 g/mol. The zero-order chi connectivity index (χ0) is 14.4. The maximum atomic E-state index is 10.9. The van der Waals surface area contributed by atoms with E-state index in [-0.39, 0.29) is 0 Å². The lowest BCUT2D eigenvalue weighted by Gasteiger charge is -2.57. The van der Waals surface area contributed by atoms with Crippen LogP contribution in [0.25, 0.3) is 0 Å². The van der Waals surface area contributed by atoms with Crippen LogP contribution in [0, 0.1) is 17.8 Å². The second kappa shape index (κ2) is 4.86. The van der Waals surface area contributed by atoms with Crippen LogP contribution in [0.1, 0.15) is 56.6 Å². The molecule has 0 spiro atoms. The number of benzene rings is 1. The molecule has 0 aromatic heterocycles. The summed E-state index contributed by atoms with van der Waals surface area (Å²) in [6.07, 6.45) is 10.4. The summed E-state index contributed by atoms with van der Waals surface area (Å²) in [6, 6.07) is 6.86. The molecule has 1 N–H and O–H groups in total. The second-order valence-corrected chi connectivity index (χ2v) is 7.69. The highest BCUT2D eigenvalue weighted by Crippen LogP contribution is 2.60. The first-order valence-corrected chi connectivity index (χ1v) is 8.56. The smallest absolute Gasteiger partial charge is 0.211 e. The Kier molecular flexibility index (Phi) is 3.09. The number of carbonyl (C=O) groups is 1. The third-order valence-electron chi connectivity index (χ3n) is 6.36. The molecule has 4 bridgehead atoms. The van der Waals surface area contributed by atoms with Gasteiger partial charge in [-0.15, -0.1) is 0 Å². The Morgan fingerprint density at radius 2 is 1.76 bits per heavy atom. The number of anilines is 1. The number of nitrogens with one attached hydrogen (secondary N) is 1. The molecule has 1 amide bonds. The largest absolute Gasteiger partial charge is 0.328 e. The van der Waals surface area contributed by atoms with Crippen molar-refractivity contribution in [3.8, 4) is 0 Å². The number of amides is 1. The topological polar surface area (TPSA) is 29.1 Å². The molecule has 2 nitrogen and oxygen atoms in total. The summed E-state index contributed by atoms with van der Waals surface area (Å²) in [7, 11) is 0. The minimum atomic E-state index is 0.417. The molecular formula is C19H25NO. The predicted octanol–water partition coefficient (Wildman–Crippen LogP) is 4.29. The lowest BCUT2D eigenvalue weighted by Crippen LogP contribution is -2.48. The number of rotatable bonds is 4. The van der Waals surface area contributed by atoms with E-state index in [0.717, 1.165) is 36.3 Å². The highest BCUT2D eigenvalue weighted by molar-refractivity contribution is 5.74. The maximum absolute atomic E-state index is 10.9. The van der Waals surface area contributed by atoms with E-state index in [9.17, 15) is 4.79 Å². The molecule has 0 heterocycles. The Bertz CT molecular complexity index is 527. The fraction of sp³-hybridized carbons (Fsp3) is 0.632. The highest BCUT2D eigenvalue weighted by atomic mass is 16.1. The van der Waals surface area contributed by atoms with Crippen LogP contribution < -0.4 is 5.32 Å². The van der Waals surface area contributed by atoms with Crippen molar-refractivity contribution in [3.05, 3.63) is 29.3 Å². The van der Waals surface area contributed by atoms with Crippen molar-refractivity contribution in [2.24, 2.45) is 17.8 Å². The first-order chi connectivity index (χ1) is 10.2.